The molecule has 0 atom stereocenters. The van der Waals surface area contributed by atoms with Gasteiger partial charge in [0.1, 0.15) is 0 Å². The molecule has 2 rings (SSSR count). The molecule has 0 spiro atoms. The van der Waals surface area contributed by atoms with E-state index in [0.717, 1.165) is 18.4 Å². The minimum atomic E-state index is -0.887. The molecule has 2 amide bonds. The van der Waals surface area contributed by atoms with Gasteiger partial charge in [-0.05, 0) is 24.5 Å². The number of aliphatic carboxylic acids is 1. The largest absolute Gasteiger partial charge is 0.481 e. The number of carboxylic acids is 1. The van der Waals surface area contributed by atoms with Gasteiger partial charge >= 0.3 is 12.0 Å². The van der Waals surface area contributed by atoms with Crippen molar-refractivity contribution in [2.24, 2.45) is 0 Å². The fourth-order valence-corrected chi connectivity index (χ4v) is 2.40. The van der Waals surface area contributed by atoms with Crippen LogP contribution in [0.4, 0.5) is 4.79 Å². The van der Waals surface area contributed by atoms with Gasteiger partial charge in [-0.2, -0.15) is 0 Å². The third-order valence-corrected chi connectivity index (χ3v) is 3.86. The van der Waals surface area contributed by atoms with Gasteiger partial charge < -0.3 is 14.9 Å². The quantitative estimate of drug-likeness (QED) is 0.879. The van der Waals surface area contributed by atoms with Crippen LogP contribution in [0.25, 0.3) is 0 Å². The van der Waals surface area contributed by atoms with Gasteiger partial charge in [0, 0.05) is 31.2 Å². The molecule has 0 unspecified atom stereocenters. The molecular weight excluding hydrogens is 292 g/mol. The van der Waals surface area contributed by atoms with Crippen LogP contribution in [0.3, 0.4) is 0 Å². The highest BCUT2D eigenvalue weighted by Gasteiger charge is 2.34. The fraction of sp³-hybridized carbons (Fsp3) is 0.467. The second-order valence-corrected chi connectivity index (χ2v) is 5.71. The highest BCUT2D eigenvalue weighted by atomic mass is 35.5. The lowest BCUT2D eigenvalue weighted by atomic mass is 10.2. The molecule has 0 aliphatic heterocycles. The maximum atomic E-state index is 12.5. The fourth-order valence-electron chi connectivity index (χ4n) is 2.21. The normalized spacial score (nSPS) is 13.8. The van der Waals surface area contributed by atoms with Gasteiger partial charge in [0.25, 0.3) is 0 Å². The Kier molecular flexibility index (Phi) is 5.07. The van der Waals surface area contributed by atoms with Gasteiger partial charge in [-0.15, -0.1) is 0 Å². The smallest absolute Gasteiger partial charge is 0.320 e. The molecule has 0 heterocycles. The number of rotatable bonds is 6. The number of hydrogen-bond acceptors (Lipinski definition) is 2. The number of benzene rings is 1. The van der Waals surface area contributed by atoms with Gasteiger partial charge in [-0.25, -0.2) is 4.79 Å². The number of urea groups is 1. The summed E-state index contributed by atoms with van der Waals surface area (Å²) in [6.07, 6.45) is 1.87. The Bertz CT molecular complexity index is 531. The monoisotopic (exact) mass is 310 g/mol. The van der Waals surface area contributed by atoms with E-state index in [1.165, 1.54) is 0 Å². The highest BCUT2D eigenvalue weighted by molar-refractivity contribution is 6.31. The van der Waals surface area contributed by atoms with Crippen LogP contribution in [0, 0.1) is 0 Å². The van der Waals surface area contributed by atoms with Crippen LogP contribution in [0.15, 0.2) is 24.3 Å². The Morgan fingerprint density at radius 3 is 2.57 bits per heavy atom. The third-order valence-electron chi connectivity index (χ3n) is 3.49. The Morgan fingerprint density at radius 1 is 1.33 bits per heavy atom. The minimum Gasteiger partial charge on any atom is -0.481 e. The maximum Gasteiger partial charge on any atom is 0.320 e. The molecule has 0 saturated heterocycles. The summed E-state index contributed by atoms with van der Waals surface area (Å²) in [4.78, 5) is 26.4. The highest BCUT2D eigenvalue weighted by Crippen LogP contribution is 2.28. The molecule has 1 fully saturated rings. The van der Waals surface area contributed by atoms with Gasteiger partial charge in [-0.3, -0.25) is 4.79 Å². The summed E-state index contributed by atoms with van der Waals surface area (Å²) >= 11 is 6.10. The van der Waals surface area contributed by atoms with Crippen molar-refractivity contribution in [3.63, 3.8) is 0 Å². The Balaban J connectivity index is 1.99. The van der Waals surface area contributed by atoms with E-state index in [-0.39, 0.29) is 25.0 Å². The number of carbonyl (C=O) groups excluding carboxylic acids is 1. The Labute approximate surface area is 129 Å². The van der Waals surface area contributed by atoms with Crippen LogP contribution in [-0.4, -0.2) is 46.5 Å². The number of carbonyl (C=O) groups is 2. The molecule has 1 aliphatic carbocycles. The Hall–Kier alpha value is -1.75. The van der Waals surface area contributed by atoms with Crippen molar-refractivity contribution in [2.45, 2.75) is 31.8 Å². The van der Waals surface area contributed by atoms with Crippen molar-refractivity contribution in [1.29, 1.82) is 0 Å². The number of amides is 2. The van der Waals surface area contributed by atoms with Crippen molar-refractivity contribution in [3.8, 4) is 0 Å². The standard InChI is InChI=1S/C15H19ClN2O3/c1-17(10-11-4-2-3-5-13(11)16)15(21)18(12-6-7-12)9-8-14(19)20/h2-5,12H,6-10H2,1H3,(H,19,20). The van der Waals surface area contributed by atoms with E-state index >= 15 is 0 Å². The van der Waals surface area contributed by atoms with E-state index in [0.29, 0.717) is 11.6 Å². The second kappa shape index (κ2) is 6.80. The first-order valence-corrected chi connectivity index (χ1v) is 7.33. The van der Waals surface area contributed by atoms with Crippen LogP contribution in [0.1, 0.15) is 24.8 Å². The van der Waals surface area contributed by atoms with Gasteiger partial charge in [-0.1, -0.05) is 29.8 Å². The number of halogens is 1. The van der Waals surface area contributed by atoms with Gasteiger partial charge in [0.15, 0.2) is 0 Å². The van der Waals surface area contributed by atoms with E-state index in [1.54, 1.807) is 22.9 Å². The van der Waals surface area contributed by atoms with Crippen LogP contribution < -0.4 is 0 Å². The van der Waals surface area contributed by atoms with E-state index < -0.39 is 5.97 Å². The van der Waals surface area contributed by atoms with E-state index in [2.05, 4.69) is 0 Å². The topological polar surface area (TPSA) is 60.9 Å². The Morgan fingerprint density at radius 2 is 2.00 bits per heavy atom. The van der Waals surface area contributed by atoms with Crippen molar-refractivity contribution in [2.75, 3.05) is 13.6 Å². The second-order valence-electron chi connectivity index (χ2n) is 5.30. The van der Waals surface area contributed by atoms with Crippen LogP contribution in [-0.2, 0) is 11.3 Å². The summed E-state index contributed by atoms with van der Waals surface area (Å²) in [5.41, 5.74) is 0.879. The first kappa shape index (κ1) is 15.6. The molecule has 0 aromatic heterocycles. The van der Waals surface area contributed by atoms with Gasteiger partial charge in [0.05, 0.1) is 6.42 Å². The van der Waals surface area contributed by atoms with Crippen LogP contribution in [0.5, 0.6) is 0 Å². The summed E-state index contributed by atoms with van der Waals surface area (Å²) in [5, 5.41) is 9.41. The number of carboxylic acid groups (broad SMARTS) is 1. The predicted molar refractivity (Wildman–Crippen MR) is 80.3 cm³/mol. The molecule has 1 saturated carbocycles. The average Bonchev–Trinajstić information content (AvgIpc) is 3.25. The molecule has 6 heteroatoms. The van der Waals surface area contributed by atoms with E-state index in [1.807, 2.05) is 18.2 Å². The first-order chi connectivity index (χ1) is 9.99. The number of hydrogen-bond donors (Lipinski definition) is 1. The number of nitrogens with zero attached hydrogens (tertiary/aromatic N) is 2. The zero-order chi connectivity index (χ0) is 15.4. The lowest BCUT2D eigenvalue weighted by Crippen LogP contribution is -2.43. The molecule has 1 aromatic rings. The molecule has 114 valence electrons. The lowest BCUT2D eigenvalue weighted by molar-refractivity contribution is -0.137. The predicted octanol–water partition coefficient (Wildman–Crippen LogP) is 2.83. The van der Waals surface area contributed by atoms with Gasteiger partial charge in [0.2, 0.25) is 0 Å². The molecule has 1 aromatic carbocycles. The molecule has 1 aliphatic rings. The molecular formula is C15H19ClN2O3. The summed E-state index contributed by atoms with van der Waals surface area (Å²) < 4.78 is 0. The minimum absolute atomic E-state index is 0.0256. The van der Waals surface area contributed by atoms with Crippen molar-refractivity contribution in [3.05, 3.63) is 34.9 Å². The molecule has 21 heavy (non-hydrogen) atoms. The van der Waals surface area contributed by atoms with E-state index in [4.69, 9.17) is 16.7 Å². The zero-order valence-electron chi connectivity index (χ0n) is 12.0. The summed E-state index contributed by atoms with van der Waals surface area (Å²) in [6.45, 7) is 0.667. The lowest BCUT2D eigenvalue weighted by Gasteiger charge is -2.28. The molecule has 0 bridgehead atoms. The summed E-state index contributed by atoms with van der Waals surface area (Å²) in [5.74, 6) is -0.887. The van der Waals surface area contributed by atoms with Crippen molar-refractivity contribution >= 4 is 23.6 Å². The molecule has 0 radical (unpaired) electrons. The first-order valence-electron chi connectivity index (χ1n) is 6.96. The zero-order valence-corrected chi connectivity index (χ0v) is 12.7. The van der Waals surface area contributed by atoms with Crippen molar-refractivity contribution < 1.29 is 14.7 Å². The molecule has 1 N–H and O–H groups in total. The third kappa shape index (κ3) is 4.36. The molecule has 5 nitrogen and oxygen atoms in total. The van der Waals surface area contributed by atoms with E-state index in [9.17, 15) is 9.59 Å². The summed E-state index contributed by atoms with van der Waals surface area (Å²) in [7, 11) is 1.71. The van der Waals surface area contributed by atoms with Crippen molar-refractivity contribution in [1.82, 2.24) is 9.80 Å². The van der Waals surface area contributed by atoms with Crippen LogP contribution in [0.2, 0.25) is 5.02 Å². The maximum absolute atomic E-state index is 12.5. The SMILES string of the molecule is CN(Cc1ccccc1Cl)C(=O)N(CCC(=O)O)C1CC1. The average molecular weight is 311 g/mol. The summed E-state index contributed by atoms with van der Waals surface area (Å²) in [6, 6.07) is 7.44. The van der Waals surface area contributed by atoms with Crippen LogP contribution >= 0.6 is 11.6 Å².